The summed E-state index contributed by atoms with van der Waals surface area (Å²) in [6, 6.07) is 8.43. The molecule has 0 atom stereocenters. The predicted molar refractivity (Wildman–Crippen MR) is 75.5 cm³/mol. The number of benzene rings is 2. The molecule has 0 fully saturated rings. The molecule has 102 valence electrons. The van der Waals surface area contributed by atoms with E-state index in [2.05, 4.69) is 5.10 Å². The Balaban J connectivity index is 2.27. The summed E-state index contributed by atoms with van der Waals surface area (Å²) in [6.45, 7) is 4.19. The van der Waals surface area contributed by atoms with Gasteiger partial charge in [-0.05, 0) is 43.2 Å². The lowest BCUT2D eigenvalue weighted by molar-refractivity contribution is 0.569. The van der Waals surface area contributed by atoms with Gasteiger partial charge in [0.1, 0.15) is 11.6 Å². The first-order valence-electron chi connectivity index (χ1n) is 6.52. The van der Waals surface area contributed by atoms with Crippen molar-refractivity contribution in [2.75, 3.05) is 0 Å². The summed E-state index contributed by atoms with van der Waals surface area (Å²) in [5.74, 6) is -1.06. The molecule has 0 spiro atoms. The molecule has 0 unspecified atom stereocenters. The van der Waals surface area contributed by atoms with Crippen molar-refractivity contribution in [3.8, 4) is 11.1 Å². The van der Waals surface area contributed by atoms with Crippen LogP contribution in [0.3, 0.4) is 0 Å². The van der Waals surface area contributed by atoms with Crippen LogP contribution in [0.1, 0.15) is 12.5 Å². The van der Waals surface area contributed by atoms with E-state index in [1.165, 1.54) is 19.1 Å². The van der Waals surface area contributed by atoms with Gasteiger partial charge in [-0.15, -0.1) is 0 Å². The molecule has 0 aliphatic heterocycles. The molecule has 3 aromatic rings. The fourth-order valence-corrected chi connectivity index (χ4v) is 2.41. The van der Waals surface area contributed by atoms with E-state index in [9.17, 15) is 8.78 Å². The molecule has 0 N–H and O–H groups in total. The van der Waals surface area contributed by atoms with Gasteiger partial charge in [-0.25, -0.2) is 8.78 Å². The third-order valence-corrected chi connectivity index (χ3v) is 3.58. The standard InChI is InChI=1S/C16H14F2N2/c1-3-20-16-6-4-5-12(13(16)9-19-20)11-7-14(17)10(2)15(18)8-11/h4-9H,3H2,1-2H3. The van der Waals surface area contributed by atoms with Gasteiger partial charge in [-0.2, -0.15) is 5.10 Å². The highest BCUT2D eigenvalue weighted by molar-refractivity contribution is 5.94. The molecule has 2 nitrogen and oxygen atoms in total. The van der Waals surface area contributed by atoms with Crippen LogP contribution in [-0.2, 0) is 6.54 Å². The third-order valence-electron chi connectivity index (χ3n) is 3.58. The molecule has 0 aliphatic rings. The second kappa shape index (κ2) is 4.71. The summed E-state index contributed by atoms with van der Waals surface area (Å²) in [5.41, 5.74) is 2.34. The highest BCUT2D eigenvalue weighted by atomic mass is 19.1. The Morgan fingerprint density at radius 1 is 1.15 bits per heavy atom. The van der Waals surface area contributed by atoms with Gasteiger partial charge in [0, 0.05) is 17.5 Å². The zero-order valence-electron chi connectivity index (χ0n) is 11.3. The van der Waals surface area contributed by atoms with E-state index in [0.29, 0.717) is 5.56 Å². The first-order chi connectivity index (χ1) is 9.61. The van der Waals surface area contributed by atoms with E-state index in [4.69, 9.17) is 0 Å². The van der Waals surface area contributed by atoms with E-state index in [-0.39, 0.29) is 5.56 Å². The molecule has 3 rings (SSSR count). The Hall–Kier alpha value is -2.23. The van der Waals surface area contributed by atoms with Crippen LogP contribution in [0, 0.1) is 18.6 Å². The van der Waals surface area contributed by atoms with Crippen LogP contribution in [0.25, 0.3) is 22.0 Å². The normalized spacial score (nSPS) is 11.2. The molecule has 0 aliphatic carbocycles. The SMILES string of the molecule is CCn1ncc2c(-c3cc(F)c(C)c(F)c3)cccc21. The number of hydrogen-bond acceptors (Lipinski definition) is 1. The van der Waals surface area contributed by atoms with Gasteiger partial charge in [0.2, 0.25) is 0 Å². The molecule has 1 heterocycles. The lowest BCUT2D eigenvalue weighted by atomic mass is 10.0. The van der Waals surface area contributed by atoms with Crippen molar-refractivity contribution in [3.63, 3.8) is 0 Å². The maximum Gasteiger partial charge on any atom is 0.129 e. The van der Waals surface area contributed by atoms with Crippen LogP contribution in [0.15, 0.2) is 36.5 Å². The van der Waals surface area contributed by atoms with Gasteiger partial charge in [-0.3, -0.25) is 4.68 Å². The number of halogens is 2. The summed E-state index contributed by atoms with van der Waals surface area (Å²) >= 11 is 0. The Bertz CT molecular complexity index is 767. The van der Waals surface area contributed by atoms with E-state index in [0.717, 1.165) is 23.0 Å². The van der Waals surface area contributed by atoms with Gasteiger partial charge in [-0.1, -0.05) is 12.1 Å². The Kier molecular flexibility index (Phi) is 3.01. The molecule has 0 radical (unpaired) electrons. The molecule has 2 aromatic carbocycles. The maximum absolute atomic E-state index is 13.7. The lowest BCUT2D eigenvalue weighted by Gasteiger charge is -2.07. The topological polar surface area (TPSA) is 17.8 Å². The second-order valence-corrected chi connectivity index (χ2v) is 4.76. The van der Waals surface area contributed by atoms with Crippen LogP contribution in [0.2, 0.25) is 0 Å². The lowest BCUT2D eigenvalue weighted by Crippen LogP contribution is -1.95. The number of rotatable bonds is 2. The van der Waals surface area contributed by atoms with E-state index >= 15 is 0 Å². The molecule has 0 saturated heterocycles. The smallest absolute Gasteiger partial charge is 0.129 e. The van der Waals surface area contributed by atoms with Crippen molar-refractivity contribution in [2.24, 2.45) is 0 Å². The van der Waals surface area contributed by atoms with Crippen LogP contribution in [0.4, 0.5) is 8.78 Å². The minimum Gasteiger partial charge on any atom is -0.265 e. The minimum absolute atomic E-state index is 0.0465. The van der Waals surface area contributed by atoms with E-state index < -0.39 is 11.6 Å². The van der Waals surface area contributed by atoms with Gasteiger partial charge in [0.25, 0.3) is 0 Å². The van der Waals surface area contributed by atoms with Crippen molar-refractivity contribution in [1.82, 2.24) is 9.78 Å². The minimum atomic E-state index is -0.528. The van der Waals surface area contributed by atoms with Gasteiger partial charge >= 0.3 is 0 Å². The van der Waals surface area contributed by atoms with Gasteiger partial charge < -0.3 is 0 Å². The average molecular weight is 272 g/mol. The summed E-state index contributed by atoms with van der Waals surface area (Å²) in [4.78, 5) is 0. The molecule has 0 saturated carbocycles. The second-order valence-electron chi connectivity index (χ2n) is 4.76. The predicted octanol–water partition coefficient (Wildman–Crippen LogP) is 4.31. The maximum atomic E-state index is 13.7. The first-order valence-corrected chi connectivity index (χ1v) is 6.52. The fraction of sp³-hybridized carbons (Fsp3) is 0.188. The Morgan fingerprint density at radius 2 is 1.85 bits per heavy atom. The van der Waals surface area contributed by atoms with Crippen molar-refractivity contribution in [1.29, 1.82) is 0 Å². The largest absolute Gasteiger partial charge is 0.265 e. The molecule has 0 bridgehead atoms. The van der Waals surface area contributed by atoms with Crippen LogP contribution in [-0.4, -0.2) is 9.78 Å². The van der Waals surface area contributed by atoms with Crippen molar-refractivity contribution >= 4 is 10.9 Å². The average Bonchev–Trinajstić information content (AvgIpc) is 2.87. The third kappa shape index (κ3) is 1.88. The first kappa shape index (κ1) is 12.8. The van der Waals surface area contributed by atoms with Crippen molar-refractivity contribution < 1.29 is 8.78 Å². The highest BCUT2D eigenvalue weighted by Crippen LogP contribution is 2.30. The van der Waals surface area contributed by atoms with Crippen LogP contribution in [0.5, 0.6) is 0 Å². The van der Waals surface area contributed by atoms with Gasteiger partial charge in [0.05, 0.1) is 11.7 Å². The molecule has 1 aromatic heterocycles. The number of hydrogen-bond donors (Lipinski definition) is 0. The summed E-state index contributed by atoms with van der Waals surface area (Å²) in [6.07, 6.45) is 1.74. The number of nitrogens with zero attached hydrogens (tertiary/aromatic N) is 2. The Labute approximate surface area is 115 Å². The van der Waals surface area contributed by atoms with Crippen LogP contribution < -0.4 is 0 Å². The summed E-state index contributed by atoms with van der Waals surface area (Å²) < 4.78 is 29.3. The van der Waals surface area contributed by atoms with Gasteiger partial charge in [0.15, 0.2) is 0 Å². The number of fused-ring (bicyclic) bond motifs is 1. The van der Waals surface area contributed by atoms with E-state index in [1.54, 1.807) is 6.20 Å². The Morgan fingerprint density at radius 3 is 2.50 bits per heavy atom. The zero-order valence-corrected chi connectivity index (χ0v) is 11.3. The highest BCUT2D eigenvalue weighted by Gasteiger charge is 2.12. The fourth-order valence-electron chi connectivity index (χ4n) is 2.41. The summed E-state index contributed by atoms with van der Waals surface area (Å²) in [7, 11) is 0. The molecule has 0 amide bonds. The number of aromatic nitrogens is 2. The van der Waals surface area contributed by atoms with Crippen molar-refractivity contribution in [3.05, 3.63) is 53.7 Å². The quantitative estimate of drug-likeness (QED) is 0.679. The van der Waals surface area contributed by atoms with Crippen molar-refractivity contribution in [2.45, 2.75) is 20.4 Å². The molecule has 4 heteroatoms. The molecular weight excluding hydrogens is 258 g/mol. The zero-order chi connectivity index (χ0) is 14.3. The molecule has 20 heavy (non-hydrogen) atoms. The molecular formula is C16H14F2N2. The van der Waals surface area contributed by atoms with E-state index in [1.807, 2.05) is 29.8 Å². The van der Waals surface area contributed by atoms with Crippen LogP contribution >= 0.6 is 0 Å². The number of aryl methyl sites for hydroxylation is 1. The summed E-state index contributed by atoms with van der Waals surface area (Å²) in [5, 5.41) is 5.19. The monoisotopic (exact) mass is 272 g/mol.